The van der Waals surface area contributed by atoms with E-state index in [1.807, 2.05) is 14.1 Å². The normalized spacial score (nSPS) is 19.1. The van der Waals surface area contributed by atoms with E-state index in [0.717, 1.165) is 25.8 Å². The van der Waals surface area contributed by atoms with Gasteiger partial charge in [-0.2, -0.15) is 4.31 Å². The molecule has 1 aromatic heterocycles. The molecule has 2 saturated heterocycles. The molecule has 2 aliphatic rings. The molecule has 0 aliphatic carbocycles. The van der Waals surface area contributed by atoms with Gasteiger partial charge in [0, 0.05) is 45.2 Å². The standard InChI is InChI=1S/C23H38N4O4S2/c1-23(2,17-25(3)4)16-24-21(28)18-8-13-26(14-9-18)22(29)20-19(10-15-32-20)33(30,31)27-11-6-5-7-12-27/h10,15,18H,5-9,11-14,16-17H2,1-4H3,(H,24,28). The number of likely N-dealkylation sites (tertiary alicyclic amines) is 1. The highest BCUT2D eigenvalue weighted by Crippen LogP contribution is 2.30. The van der Waals surface area contributed by atoms with Crippen LogP contribution in [0.4, 0.5) is 0 Å². The maximum absolute atomic E-state index is 13.2. The number of thiophene rings is 1. The number of rotatable bonds is 8. The average molecular weight is 499 g/mol. The first-order chi connectivity index (χ1) is 15.5. The molecule has 186 valence electrons. The minimum absolute atomic E-state index is 0.0226. The van der Waals surface area contributed by atoms with E-state index >= 15 is 0 Å². The number of piperidine rings is 2. The number of carbonyl (C=O) groups is 2. The molecule has 33 heavy (non-hydrogen) atoms. The van der Waals surface area contributed by atoms with Crippen LogP contribution in [-0.4, -0.2) is 87.7 Å². The van der Waals surface area contributed by atoms with Gasteiger partial charge in [0.2, 0.25) is 15.9 Å². The summed E-state index contributed by atoms with van der Waals surface area (Å²) in [5.74, 6) is -0.325. The maximum atomic E-state index is 13.2. The number of amides is 2. The van der Waals surface area contributed by atoms with E-state index < -0.39 is 10.0 Å². The lowest BCUT2D eigenvalue weighted by Gasteiger charge is -2.33. The minimum atomic E-state index is -3.66. The van der Waals surface area contributed by atoms with Crippen molar-refractivity contribution in [1.82, 2.24) is 19.4 Å². The molecule has 0 bridgehead atoms. The highest BCUT2D eigenvalue weighted by molar-refractivity contribution is 7.89. The highest BCUT2D eigenvalue weighted by Gasteiger charge is 2.34. The lowest BCUT2D eigenvalue weighted by molar-refractivity contribution is -0.126. The number of nitrogens with one attached hydrogen (secondary N) is 1. The summed E-state index contributed by atoms with van der Waals surface area (Å²) in [6.45, 7) is 7.68. The molecular formula is C23H38N4O4S2. The van der Waals surface area contributed by atoms with Crippen LogP contribution in [0.2, 0.25) is 0 Å². The van der Waals surface area contributed by atoms with Crippen molar-refractivity contribution in [3.05, 3.63) is 16.3 Å². The zero-order chi connectivity index (χ0) is 24.2. The smallest absolute Gasteiger partial charge is 0.265 e. The van der Waals surface area contributed by atoms with Crippen LogP contribution >= 0.6 is 11.3 Å². The van der Waals surface area contributed by atoms with E-state index in [4.69, 9.17) is 0 Å². The van der Waals surface area contributed by atoms with Crippen LogP contribution in [0, 0.1) is 11.3 Å². The van der Waals surface area contributed by atoms with E-state index in [0.29, 0.717) is 45.6 Å². The van der Waals surface area contributed by atoms with Gasteiger partial charge in [-0.05, 0) is 56.6 Å². The fourth-order valence-electron chi connectivity index (χ4n) is 4.77. The summed E-state index contributed by atoms with van der Waals surface area (Å²) in [6.07, 6.45) is 3.93. The van der Waals surface area contributed by atoms with Gasteiger partial charge in [0.05, 0.1) is 0 Å². The van der Waals surface area contributed by atoms with Crippen LogP contribution in [0.15, 0.2) is 16.3 Å². The molecule has 3 rings (SSSR count). The van der Waals surface area contributed by atoms with Crippen molar-refractivity contribution in [2.45, 2.75) is 50.8 Å². The van der Waals surface area contributed by atoms with Crippen molar-refractivity contribution < 1.29 is 18.0 Å². The number of carbonyl (C=O) groups excluding carboxylic acids is 2. The van der Waals surface area contributed by atoms with Gasteiger partial charge in [0.1, 0.15) is 9.77 Å². The molecule has 8 nitrogen and oxygen atoms in total. The zero-order valence-electron chi connectivity index (χ0n) is 20.3. The largest absolute Gasteiger partial charge is 0.355 e. The zero-order valence-corrected chi connectivity index (χ0v) is 21.9. The van der Waals surface area contributed by atoms with Gasteiger partial charge < -0.3 is 15.1 Å². The van der Waals surface area contributed by atoms with Crippen LogP contribution in [0.1, 0.15) is 55.6 Å². The summed E-state index contributed by atoms with van der Waals surface area (Å²) in [6, 6.07) is 1.55. The minimum Gasteiger partial charge on any atom is -0.355 e. The monoisotopic (exact) mass is 498 g/mol. The summed E-state index contributed by atoms with van der Waals surface area (Å²) in [7, 11) is 0.383. The van der Waals surface area contributed by atoms with Crippen LogP contribution < -0.4 is 5.32 Å². The van der Waals surface area contributed by atoms with Gasteiger partial charge in [-0.3, -0.25) is 9.59 Å². The third-order valence-electron chi connectivity index (χ3n) is 6.39. The molecule has 0 atom stereocenters. The highest BCUT2D eigenvalue weighted by atomic mass is 32.2. The third-order valence-corrected chi connectivity index (χ3v) is 9.37. The molecule has 0 aromatic carbocycles. The van der Waals surface area contributed by atoms with Crippen LogP contribution in [0.3, 0.4) is 0 Å². The number of hydrogen-bond acceptors (Lipinski definition) is 6. The predicted molar refractivity (Wildman–Crippen MR) is 131 cm³/mol. The van der Waals surface area contributed by atoms with Gasteiger partial charge in [-0.1, -0.05) is 20.3 Å². The van der Waals surface area contributed by atoms with E-state index in [1.54, 1.807) is 16.3 Å². The van der Waals surface area contributed by atoms with E-state index in [2.05, 4.69) is 24.1 Å². The summed E-state index contributed by atoms with van der Waals surface area (Å²) < 4.78 is 27.8. The topological polar surface area (TPSA) is 90.0 Å². The van der Waals surface area contributed by atoms with Gasteiger partial charge in [-0.25, -0.2) is 8.42 Å². The second-order valence-corrected chi connectivity index (χ2v) is 13.1. The second kappa shape index (κ2) is 10.8. The first kappa shape index (κ1) is 26.1. The summed E-state index contributed by atoms with van der Waals surface area (Å²) in [5, 5.41) is 4.76. The fraction of sp³-hybridized carbons (Fsp3) is 0.739. The molecule has 10 heteroatoms. The lowest BCUT2D eigenvalue weighted by Crippen LogP contribution is -2.46. The van der Waals surface area contributed by atoms with E-state index in [9.17, 15) is 18.0 Å². The lowest BCUT2D eigenvalue weighted by atomic mass is 9.91. The van der Waals surface area contributed by atoms with Crippen molar-refractivity contribution in [3.63, 3.8) is 0 Å². The molecule has 2 aliphatic heterocycles. The van der Waals surface area contributed by atoms with Crippen LogP contribution in [-0.2, 0) is 14.8 Å². The Morgan fingerprint density at radius 1 is 1.12 bits per heavy atom. The number of hydrogen-bond donors (Lipinski definition) is 1. The average Bonchev–Trinajstić information content (AvgIpc) is 3.28. The summed E-state index contributed by atoms with van der Waals surface area (Å²) in [4.78, 5) is 30.1. The van der Waals surface area contributed by atoms with Crippen molar-refractivity contribution in [2.75, 3.05) is 53.4 Å². The molecule has 0 spiro atoms. The Labute approximate surface area is 202 Å². The molecule has 0 saturated carbocycles. The van der Waals surface area contributed by atoms with Gasteiger partial charge in [-0.15, -0.1) is 11.3 Å². The van der Waals surface area contributed by atoms with Crippen molar-refractivity contribution in [2.24, 2.45) is 11.3 Å². The van der Waals surface area contributed by atoms with Gasteiger partial charge >= 0.3 is 0 Å². The molecule has 0 radical (unpaired) electrons. The van der Waals surface area contributed by atoms with Crippen molar-refractivity contribution in [1.29, 1.82) is 0 Å². The molecule has 2 fully saturated rings. The van der Waals surface area contributed by atoms with Crippen molar-refractivity contribution >= 4 is 33.2 Å². The van der Waals surface area contributed by atoms with E-state index in [-0.39, 0.29) is 32.9 Å². The first-order valence-electron chi connectivity index (χ1n) is 11.8. The fourth-order valence-corrected chi connectivity index (χ4v) is 7.65. The molecule has 2 amide bonds. The van der Waals surface area contributed by atoms with Gasteiger partial charge in [0.25, 0.3) is 5.91 Å². The Morgan fingerprint density at radius 2 is 1.76 bits per heavy atom. The first-order valence-corrected chi connectivity index (χ1v) is 14.1. The number of sulfonamides is 1. The Morgan fingerprint density at radius 3 is 2.36 bits per heavy atom. The molecule has 1 N–H and O–H groups in total. The van der Waals surface area contributed by atoms with E-state index in [1.165, 1.54) is 15.6 Å². The summed E-state index contributed by atoms with van der Waals surface area (Å²) in [5.41, 5.74) is -0.0226. The van der Waals surface area contributed by atoms with Crippen LogP contribution in [0.5, 0.6) is 0 Å². The Hall–Kier alpha value is -1.49. The molecule has 0 unspecified atom stereocenters. The predicted octanol–water partition coefficient (Wildman–Crippen LogP) is 2.48. The second-order valence-electron chi connectivity index (χ2n) is 10.3. The van der Waals surface area contributed by atoms with Crippen molar-refractivity contribution in [3.8, 4) is 0 Å². The number of nitrogens with zero attached hydrogens (tertiary/aromatic N) is 3. The third kappa shape index (κ3) is 6.55. The summed E-state index contributed by atoms with van der Waals surface area (Å²) >= 11 is 1.18. The molecule has 1 aromatic rings. The maximum Gasteiger partial charge on any atom is 0.265 e. The SMILES string of the molecule is CN(C)CC(C)(C)CNC(=O)C1CCN(C(=O)c2sccc2S(=O)(=O)N2CCCCC2)CC1. The molecule has 3 heterocycles. The molecular weight excluding hydrogens is 460 g/mol. The Kier molecular flexibility index (Phi) is 8.58. The Bertz CT molecular complexity index is 928. The Balaban J connectivity index is 1.57. The van der Waals surface area contributed by atoms with Gasteiger partial charge in [0.15, 0.2) is 0 Å². The van der Waals surface area contributed by atoms with Crippen LogP contribution in [0.25, 0.3) is 0 Å². The quantitative estimate of drug-likeness (QED) is 0.595.